The summed E-state index contributed by atoms with van der Waals surface area (Å²) >= 11 is 0. The normalized spacial score (nSPS) is 25.9. The Hall–Kier alpha value is -2.74. The minimum atomic E-state index is -0.165. The van der Waals surface area contributed by atoms with E-state index in [9.17, 15) is 9.59 Å². The monoisotopic (exact) mass is 409 g/mol. The van der Waals surface area contributed by atoms with Gasteiger partial charge in [0.25, 0.3) is 5.91 Å². The Morgan fingerprint density at radius 2 is 2.10 bits per heavy atom. The Balaban J connectivity index is 1.29. The summed E-state index contributed by atoms with van der Waals surface area (Å²) in [5.41, 5.74) is 1.37. The Morgan fingerprint density at radius 1 is 1.30 bits per heavy atom. The molecule has 2 atom stereocenters. The summed E-state index contributed by atoms with van der Waals surface area (Å²) in [6, 6.07) is 5.72. The lowest BCUT2D eigenvalue weighted by Crippen LogP contribution is -2.56. The highest BCUT2D eigenvalue weighted by Crippen LogP contribution is 2.49. The molecule has 2 aromatic heterocycles. The van der Waals surface area contributed by atoms with Crippen LogP contribution in [0, 0.1) is 18.8 Å². The third-order valence-corrected chi connectivity index (χ3v) is 7.29. The molecule has 3 saturated heterocycles. The van der Waals surface area contributed by atoms with Gasteiger partial charge in [-0.2, -0.15) is 0 Å². The van der Waals surface area contributed by atoms with Crippen molar-refractivity contribution in [2.24, 2.45) is 11.8 Å². The number of likely N-dealkylation sites (tertiary alicyclic amines) is 3. The first-order chi connectivity index (χ1) is 14.5. The zero-order chi connectivity index (χ0) is 20.9. The van der Waals surface area contributed by atoms with Crippen LogP contribution < -0.4 is 0 Å². The second-order valence-corrected chi connectivity index (χ2v) is 8.88. The van der Waals surface area contributed by atoms with E-state index in [1.165, 1.54) is 5.56 Å². The van der Waals surface area contributed by atoms with Gasteiger partial charge >= 0.3 is 0 Å². The first-order valence-corrected chi connectivity index (χ1v) is 10.6. The van der Waals surface area contributed by atoms with Crippen LogP contribution in [-0.4, -0.2) is 75.4 Å². The molecule has 30 heavy (non-hydrogen) atoms. The van der Waals surface area contributed by atoms with Crippen LogP contribution in [0.2, 0.25) is 0 Å². The number of nitrogens with zero attached hydrogens (tertiary/aromatic N) is 5. The molecular weight excluding hydrogens is 382 g/mol. The standard InChI is InChI=1S/C22H27N5O3/c1-15-10-19(24-30-15)21(29)27-8-5-22(6-9-27)18-14-26(12-16-4-3-7-23-11-16)13-17(18)20(28)25(22)2/h3-4,7,10-11,17-18H,5-6,8-9,12-14H2,1-2H3/t17-,18+/m0/s1. The number of rotatable bonds is 3. The number of hydrogen-bond acceptors (Lipinski definition) is 6. The fraction of sp³-hybridized carbons (Fsp3) is 0.545. The largest absolute Gasteiger partial charge is 0.361 e. The number of fused-ring (bicyclic) bond motifs is 2. The summed E-state index contributed by atoms with van der Waals surface area (Å²) in [4.78, 5) is 36.3. The number of carbonyl (C=O) groups is 2. The molecule has 8 heteroatoms. The minimum absolute atomic E-state index is 0.0483. The highest BCUT2D eigenvalue weighted by atomic mass is 16.5. The summed E-state index contributed by atoms with van der Waals surface area (Å²) in [5.74, 6) is 1.15. The van der Waals surface area contributed by atoms with E-state index in [1.54, 1.807) is 19.2 Å². The molecule has 2 amide bonds. The summed E-state index contributed by atoms with van der Waals surface area (Å²) < 4.78 is 5.06. The van der Waals surface area contributed by atoms with Crippen LogP contribution in [0.4, 0.5) is 0 Å². The van der Waals surface area contributed by atoms with Crippen molar-refractivity contribution < 1.29 is 14.1 Å². The van der Waals surface area contributed by atoms with Gasteiger partial charge in [-0.3, -0.25) is 19.5 Å². The molecule has 0 radical (unpaired) electrons. The SMILES string of the molecule is Cc1cc(C(=O)N2CCC3(CC2)[C@@H]2CN(Cc4cccnc4)C[C@@H]2C(=O)N3C)no1. The molecule has 5 rings (SSSR count). The van der Waals surface area contributed by atoms with Gasteiger partial charge in [0.05, 0.1) is 11.5 Å². The van der Waals surface area contributed by atoms with Crippen LogP contribution in [0.5, 0.6) is 0 Å². The molecule has 2 aromatic rings. The van der Waals surface area contributed by atoms with Crippen LogP contribution in [0.3, 0.4) is 0 Å². The maximum Gasteiger partial charge on any atom is 0.276 e. The fourth-order valence-corrected chi connectivity index (χ4v) is 5.71. The Kier molecular flexibility index (Phi) is 4.61. The van der Waals surface area contributed by atoms with Gasteiger partial charge in [0.2, 0.25) is 5.91 Å². The Morgan fingerprint density at radius 3 is 2.77 bits per heavy atom. The van der Waals surface area contributed by atoms with E-state index in [0.717, 1.165) is 32.5 Å². The van der Waals surface area contributed by atoms with E-state index in [4.69, 9.17) is 4.52 Å². The van der Waals surface area contributed by atoms with Crippen molar-refractivity contribution >= 4 is 11.8 Å². The first-order valence-electron chi connectivity index (χ1n) is 10.6. The van der Waals surface area contributed by atoms with Crippen LogP contribution in [0.15, 0.2) is 35.1 Å². The minimum Gasteiger partial charge on any atom is -0.361 e. The van der Waals surface area contributed by atoms with E-state index >= 15 is 0 Å². The van der Waals surface area contributed by atoms with Gasteiger partial charge in [0.1, 0.15) is 5.76 Å². The molecule has 0 saturated carbocycles. The number of aryl methyl sites for hydroxylation is 1. The van der Waals surface area contributed by atoms with Crippen molar-refractivity contribution in [1.29, 1.82) is 0 Å². The van der Waals surface area contributed by atoms with Gasteiger partial charge in [-0.25, -0.2) is 0 Å². The molecule has 0 aliphatic carbocycles. The van der Waals surface area contributed by atoms with Gasteiger partial charge in [-0.15, -0.1) is 0 Å². The van der Waals surface area contributed by atoms with Crippen molar-refractivity contribution in [3.05, 3.63) is 47.6 Å². The summed E-state index contributed by atoms with van der Waals surface area (Å²) in [7, 11) is 1.95. The Bertz CT molecular complexity index is 951. The predicted octanol–water partition coefficient (Wildman–Crippen LogP) is 1.57. The summed E-state index contributed by atoms with van der Waals surface area (Å²) in [5, 5.41) is 3.87. The van der Waals surface area contributed by atoms with Crippen LogP contribution in [0.25, 0.3) is 0 Å². The fourth-order valence-electron chi connectivity index (χ4n) is 5.71. The van der Waals surface area contributed by atoms with E-state index in [1.807, 2.05) is 29.1 Å². The molecular formula is C22H27N5O3. The number of aromatic nitrogens is 2. The third kappa shape index (κ3) is 3.01. The van der Waals surface area contributed by atoms with E-state index in [2.05, 4.69) is 21.1 Å². The number of pyridine rings is 1. The molecule has 0 aromatic carbocycles. The van der Waals surface area contributed by atoms with Crippen LogP contribution >= 0.6 is 0 Å². The van der Waals surface area contributed by atoms with E-state index < -0.39 is 0 Å². The molecule has 0 N–H and O–H groups in total. The summed E-state index contributed by atoms with van der Waals surface area (Å²) in [6.07, 6.45) is 5.29. The quantitative estimate of drug-likeness (QED) is 0.765. The number of hydrogen-bond donors (Lipinski definition) is 0. The second kappa shape index (κ2) is 7.19. The topological polar surface area (TPSA) is 82.8 Å². The molecule has 1 spiro atoms. The lowest BCUT2D eigenvalue weighted by Gasteiger charge is -2.46. The molecule has 3 fully saturated rings. The molecule has 5 heterocycles. The third-order valence-electron chi connectivity index (χ3n) is 7.29. The lowest BCUT2D eigenvalue weighted by atomic mass is 9.75. The van der Waals surface area contributed by atoms with Crippen LogP contribution in [0.1, 0.15) is 34.7 Å². The van der Waals surface area contributed by atoms with Gasteiger partial charge in [0, 0.05) is 64.1 Å². The van der Waals surface area contributed by atoms with Crippen molar-refractivity contribution in [2.75, 3.05) is 33.2 Å². The maximum absolute atomic E-state index is 13.1. The smallest absolute Gasteiger partial charge is 0.276 e. The number of carbonyl (C=O) groups excluding carboxylic acids is 2. The molecule has 3 aliphatic heterocycles. The van der Waals surface area contributed by atoms with E-state index in [0.29, 0.717) is 30.5 Å². The lowest BCUT2D eigenvalue weighted by molar-refractivity contribution is -0.133. The number of amides is 2. The van der Waals surface area contributed by atoms with E-state index in [-0.39, 0.29) is 23.3 Å². The first kappa shape index (κ1) is 19.2. The van der Waals surface area contributed by atoms with Crippen molar-refractivity contribution in [1.82, 2.24) is 24.8 Å². The van der Waals surface area contributed by atoms with Crippen molar-refractivity contribution in [2.45, 2.75) is 31.8 Å². The highest BCUT2D eigenvalue weighted by Gasteiger charge is 2.60. The second-order valence-electron chi connectivity index (χ2n) is 8.88. The molecule has 0 bridgehead atoms. The van der Waals surface area contributed by atoms with Crippen molar-refractivity contribution in [3.63, 3.8) is 0 Å². The highest BCUT2D eigenvalue weighted by molar-refractivity contribution is 5.92. The maximum atomic E-state index is 13.1. The van der Waals surface area contributed by atoms with Gasteiger partial charge in [0.15, 0.2) is 5.69 Å². The predicted molar refractivity (Wildman–Crippen MR) is 108 cm³/mol. The van der Waals surface area contributed by atoms with Gasteiger partial charge in [-0.1, -0.05) is 11.2 Å². The van der Waals surface area contributed by atoms with Crippen LogP contribution in [-0.2, 0) is 11.3 Å². The average Bonchev–Trinajstić information content (AvgIpc) is 3.43. The molecule has 3 aliphatic rings. The molecule has 0 unspecified atom stereocenters. The average molecular weight is 409 g/mol. The Labute approximate surface area is 175 Å². The zero-order valence-electron chi connectivity index (χ0n) is 17.5. The number of piperidine rings is 1. The van der Waals surface area contributed by atoms with Gasteiger partial charge in [-0.05, 0) is 31.4 Å². The van der Waals surface area contributed by atoms with Gasteiger partial charge < -0.3 is 14.3 Å². The summed E-state index contributed by atoms with van der Waals surface area (Å²) in [6.45, 7) is 5.58. The molecule has 158 valence electrons. The molecule has 8 nitrogen and oxygen atoms in total. The van der Waals surface area contributed by atoms with Crippen molar-refractivity contribution in [3.8, 4) is 0 Å². The zero-order valence-corrected chi connectivity index (χ0v) is 17.5.